The Labute approximate surface area is 136 Å². The highest BCUT2D eigenvalue weighted by Gasteiger charge is 2.13. The van der Waals surface area contributed by atoms with Crippen LogP contribution in [0, 0.1) is 0 Å². The molecule has 1 amide bonds. The molecule has 0 saturated heterocycles. The van der Waals surface area contributed by atoms with Crippen molar-refractivity contribution in [1.29, 1.82) is 0 Å². The molecule has 120 valence electrons. The number of hydrogen-bond acceptors (Lipinski definition) is 4. The van der Waals surface area contributed by atoms with Gasteiger partial charge in [-0.25, -0.2) is 0 Å². The topological polar surface area (TPSA) is 71.1 Å². The van der Waals surface area contributed by atoms with Crippen molar-refractivity contribution in [3.05, 3.63) is 53.9 Å². The molecule has 0 fully saturated rings. The quantitative estimate of drug-likeness (QED) is 0.844. The van der Waals surface area contributed by atoms with Gasteiger partial charge in [0.1, 0.15) is 5.69 Å². The number of pyridine rings is 1. The van der Waals surface area contributed by atoms with Gasteiger partial charge in [-0.2, -0.15) is 0 Å². The number of rotatable bonds is 4. The Morgan fingerprint density at radius 2 is 1.78 bits per heavy atom. The first-order valence-electron chi connectivity index (χ1n) is 7.41. The monoisotopic (exact) mass is 311 g/mol. The van der Waals surface area contributed by atoms with Crippen molar-refractivity contribution in [2.24, 2.45) is 0 Å². The van der Waals surface area contributed by atoms with E-state index in [0.29, 0.717) is 16.9 Å². The zero-order valence-electron chi connectivity index (χ0n) is 13.8. The van der Waals surface area contributed by atoms with E-state index in [9.17, 15) is 9.59 Å². The first-order chi connectivity index (χ1) is 10.7. The maximum absolute atomic E-state index is 12.3. The molecule has 0 saturated carbocycles. The fourth-order valence-electron chi connectivity index (χ4n) is 2.08. The molecule has 23 heavy (non-hydrogen) atoms. The predicted molar refractivity (Wildman–Crippen MR) is 92.0 cm³/mol. The van der Waals surface area contributed by atoms with Crippen molar-refractivity contribution in [2.75, 3.05) is 10.6 Å². The average Bonchev–Trinajstić information content (AvgIpc) is 2.46. The third kappa shape index (κ3) is 4.92. The highest BCUT2D eigenvalue weighted by Crippen LogP contribution is 2.16. The maximum atomic E-state index is 12.3. The third-order valence-electron chi connectivity index (χ3n) is 3.04. The van der Waals surface area contributed by atoms with Crippen LogP contribution in [-0.4, -0.2) is 22.2 Å². The van der Waals surface area contributed by atoms with Crippen LogP contribution in [0.2, 0.25) is 0 Å². The minimum atomic E-state index is -0.316. The summed E-state index contributed by atoms with van der Waals surface area (Å²) in [5.41, 5.74) is 2.16. The normalized spacial score (nSPS) is 11.0. The number of amides is 1. The van der Waals surface area contributed by atoms with Crippen molar-refractivity contribution in [3.8, 4) is 0 Å². The van der Waals surface area contributed by atoms with Gasteiger partial charge in [0, 0.05) is 28.7 Å². The van der Waals surface area contributed by atoms with Gasteiger partial charge in [-0.1, -0.05) is 12.1 Å². The fraction of sp³-hybridized carbons (Fsp3) is 0.278. The number of nitrogens with zero attached hydrogens (tertiary/aromatic N) is 1. The summed E-state index contributed by atoms with van der Waals surface area (Å²) in [5.74, 6) is -0.362. The molecule has 0 unspecified atom stereocenters. The van der Waals surface area contributed by atoms with Crippen LogP contribution in [0.3, 0.4) is 0 Å². The first kappa shape index (κ1) is 16.7. The number of hydrogen-bond donors (Lipinski definition) is 2. The second-order valence-corrected chi connectivity index (χ2v) is 6.40. The summed E-state index contributed by atoms with van der Waals surface area (Å²) in [4.78, 5) is 27.8. The molecule has 5 nitrogen and oxygen atoms in total. The van der Waals surface area contributed by atoms with E-state index in [1.807, 2.05) is 26.8 Å². The number of anilines is 2. The third-order valence-corrected chi connectivity index (χ3v) is 3.04. The first-order valence-corrected chi connectivity index (χ1v) is 7.41. The van der Waals surface area contributed by atoms with E-state index in [1.54, 1.807) is 36.5 Å². The lowest BCUT2D eigenvalue weighted by Crippen LogP contribution is -2.26. The van der Waals surface area contributed by atoms with Gasteiger partial charge in [0.05, 0.1) is 0 Å². The minimum Gasteiger partial charge on any atom is -0.380 e. The standard InChI is InChI=1S/C18H21N3O2/c1-12(22)13-6-5-7-14(10-13)20-17(23)16-11-15(8-9-19-16)21-18(2,3)4/h5-11H,1-4H3,(H,19,21)(H,20,23). The second kappa shape index (κ2) is 6.60. The van der Waals surface area contributed by atoms with Crippen molar-refractivity contribution in [2.45, 2.75) is 33.2 Å². The lowest BCUT2D eigenvalue weighted by Gasteiger charge is -2.22. The zero-order valence-corrected chi connectivity index (χ0v) is 13.8. The van der Waals surface area contributed by atoms with Gasteiger partial charge in [-0.05, 0) is 52.0 Å². The Balaban J connectivity index is 2.16. The summed E-state index contributed by atoms with van der Waals surface area (Å²) in [5, 5.41) is 6.06. The summed E-state index contributed by atoms with van der Waals surface area (Å²) >= 11 is 0. The molecule has 0 aliphatic rings. The number of ketones is 1. The molecule has 2 aromatic rings. The molecule has 0 aliphatic carbocycles. The molecule has 0 spiro atoms. The van der Waals surface area contributed by atoms with E-state index in [4.69, 9.17) is 0 Å². The van der Waals surface area contributed by atoms with E-state index in [0.717, 1.165) is 5.69 Å². The van der Waals surface area contributed by atoms with Crippen LogP contribution in [-0.2, 0) is 0 Å². The van der Waals surface area contributed by atoms with Gasteiger partial charge < -0.3 is 10.6 Å². The zero-order chi connectivity index (χ0) is 17.0. The van der Waals surface area contributed by atoms with Gasteiger partial charge in [-0.3, -0.25) is 14.6 Å². The molecule has 0 atom stereocenters. The van der Waals surface area contributed by atoms with Crippen molar-refractivity contribution >= 4 is 23.1 Å². The van der Waals surface area contributed by atoms with E-state index in [1.165, 1.54) is 6.92 Å². The molecule has 2 rings (SSSR count). The summed E-state index contributed by atoms with van der Waals surface area (Å²) < 4.78 is 0. The Bertz CT molecular complexity index is 733. The van der Waals surface area contributed by atoms with Crippen molar-refractivity contribution < 1.29 is 9.59 Å². The van der Waals surface area contributed by atoms with E-state index < -0.39 is 0 Å². The largest absolute Gasteiger partial charge is 0.380 e. The molecule has 0 aliphatic heterocycles. The molecule has 1 aromatic heterocycles. The molecule has 5 heteroatoms. The number of carbonyl (C=O) groups is 2. The van der Waals surface area contributed by atoms with Crippen LogP contribution < -0.4 is 10.6 Å². The van der Waals surface area contributed by atoms with E-state index in [2.05, 4.69) is 15.6 Å². The number of benzene rings is 1. The molecule has 2 N–H and O–H groups in total. The van der Waals surface area contributed by atoms with E-state index >= 15 is 0 Å². The van der Waals surface area contributed by atoms with Crippen molar-refractivity contribution in [1.82, 2.24) is 4.98 Å². The number of carbonyl (C=O) groups excluding carboxylic acids is 2. The number of nitrogens with one attached hydrogen (secondary N) is 2. The van der Waals surface area contributed by atoms with Gasteiger partial charge >= 0.3 is 0 Å². The molecular weight excluding hydrogens is 290 g/mol. The summed E-state index contributed by atoms with van der Waals surface area (Å²) in [7, 11) is 0. The number of Topliss-reactive ketones (excluding diaryl/α,β-unsaturated/α-hetero) is 1. The Kier molecular flexibility index (Phi) is 4.79. The minimum absolute atomic E-state index is 0.0457. The SMILES string of the molecule is CC(=O)c1cccc(NC(=O)c2cc(NC(C)(C)C)ccn2)c1. The molecule has 1 heterocycles. The highest BCUT2D eigenvalue weighted by atomic mass is 16.2. The van der Waals surface area contributed by atoms with Crippen LogP contribution in [0.4, 0.5) is 11.4 Å². The highest BCUT2D eigenvalue weighted by molar-refractivity contribution is 6.04. The van der Waals surface area contributed by atoms with Gasteiger partial charge in [0.25, 0.3) is 5.91 Å². The van der Waals surface area contributed by atoms with Crippen molar-refractivity contribution in [3.63, 3.8) is 0 Å². The van der Waals surface area contributed by atoms with E-state index in [-0.39, 0.29) is 17.2 Å². The van der Waals surface area contributed by atoms with Gasteiger partial charge in [-0.15, -0.1) is 0 Å². The van der Waals surface area contributed by atoms with Gasteiger partial charge in [0.15, 0.2) is 5.78 Å². The lowest BCUT2D eigenvalue weighted by atomic mass is 10.1. The summed E-state index contributed by atoms with van der Waals surface area (Å²) in [6, 6.07) is 10.4. The van der Waals surface area contributed by atoms with Crippen LogP contribution in [0.5, 0.6) is 0 Å². The molecule has 0 bridgehead atoms. The van der Waals surface area contributed by atoms with Gasteiger partial charge in [0.2, 0.25) is 0 Å². The Morgan fingerprint density at radius 1 is 1.04 bits per heavy atom. The second-order valence-electron chi connectivity index (χ2n) is 6.40. The Hall–Kier alpha value is -2.69. The van der Waals surface area contributed by atoms with Crippen LogP contribution in [0.1, 0.15) is 48.5 Å². The van der Waals surface area contributed by atoms with Crippen LogP contribution in [0.15, 0.2) is 42.6 Å². The smallest absolute Gasteiger partial charge is 0.274 e. The molecular formula is C18H21N3O2. The Morgan fingerprint density at radius 3 is 2.43 bits per heavy atom. The van der Waals surface area contributed by atoms with Crippen LogP contribution >= 0.6 is 0 Å². The lowest BCUT2D eigenvalue weighted by molar-refractivity contribution is 0.100. The number of aromatic nitrogens is 1. The fourth-order valence-corrected chi connectivity index (χ4v) is 2.08. The average molecular weight is 311 g/mol. The van der Waals surface area contributed by atoms with Crippen LogP contribution in [0.25, 0.3) is 0 Å². The molecule has 1 aromatic carbocycles. The predicted octanol–water partition coefficient (Wildman–Crippen LogP) is 3.75. The maximum Gasteiger partial charge on any atom is 0.274 e. The molecule has 0 radical (unpaired) electrons. The summed E-state index contributed by atoms with van der Waals surface area (Å²) in [6.45, 7) is 7.62. The summed E-state index contributed by atoms with van der Waals surface area (Å²) in [6.07, 6.45) is 1.59.